The van der Waals surface area contributed by atoms with Crippen LogP contribution in [0.4, 0.5) is 0 Å². The third kappa shape index (κ3) is 4.89. The minimum absolute atomic E-state index is 0.182. The van der Waals surface area contributed by atoms with Crippen molar-refractivity contribution in [3.8, 4) is 0 Å². The van der Waals surface area contributed by atoms with Gasteiger partial charge in [-0.1, -0.05) is 30.3 Å². The van der Waals surface area contributed by atoms with Crippen molar-refractivity contribution in [3.05, 3.63) is 35.9 Å². The van der Waals surface area contributed by atoms with Crippen LogP contribution in [0, 0.1) is 0 Å². The number of likely N-dealkylation sites (tertiary alicyclic amines) is 1. The summed E-state index contributed by atoms with van der Waals surface area (Å²) in [6.07, 6.45) is 0.778. The van der Waals surface area contributed by atoms with Gasteiger partial charge in [-0.3, -0.25) is 0 Å². The molecule has 1 aliphatic heterocycles. The zero-order valence-electron chi connectivity index (χ0n) is 12.9. The summed E-state index contributed by atoms with van der Waals surface area (Å²) in [4.78, 5) is 2.34. The van der Waals surface area contributed by atoms with Gasteiger partial charge in [0.2, 0.25) is 0 Å². The maximum atomic E-state index is 10.1. The van der Waals surface area contributed by atoms with Gasteiger partial charge in [0.15, 0.2) is 0 Å². The third-order valence-corrected chi connectivity index (χ3v) is 3.72. The fraction of sp³-hybridized carbons (Fsp3) is 0.647. The SMILES string of the molecule is CC(C)(C)OC[C@@H](O)CN1CC[C@H](c2ccccc2)C1. The molecule has 0 spiro atoms. The summed E-state index contributed by atoms with van der Waals surface area (Å²) in [6, 6.07) is 10.7. The van der Waals surface area contributed by atoms with Crippen molar-refractivity contribution >= 4 is 0 Å². The Morgan fingerprint density at radius 2 is 2.00 bits per heavy atom. The summed E-state index contributed by atoms with van der Waals surface area (Å²) in [5.74, 6) is 0.604. The number of ether oxygens (including phenoxy) is 1. The van der Waals surface area contributed by atoms with Crippen LogP contribution in [0.3, 0.4) is 0 Å². The maximum absolute atomic E-state index is 10.1. The molecule has 3 nitrogen and oxygen atoms in total. The number of hydrogen-bond donors (Lipinski definition) is 1. The number of nitrogens with zero attached hydrogens (tertiary/aromatic N) is 1. The van der Waals surface area contributed by atoms with Gasteiger partial charge >= 0.3 is 0 Å². The summed E-state index contributed by atoms with van der Waals surface area (Å²) >= 11 is 0. The summed E-state index contributed by atoms with van der Waals surface area (Å²) in [5, 5.41) is 10.1. The Morgan fingerprint density at radius 3 is 2.65 bits per heavy atom. The molecule has 0 aromatic heterocycles. The Labute approximate surface area is 122 Å². The third-order valence-electron chi connectivity index (χ3n) is 3.72. The van der Waals surface area contributed by atoms with Gasteiger partial charge in [-0.15, -0.1) is 0 Å². The highest BCUT2D eigenvalue weighted by atomic mass is 16.5. The molecule has 0 radical (unpaired) electrons. The Kier molecular flexibility index (Phi) is 5.19. The molecule has 0 saturated carbocycles. The summed E-state index contributed by atoms with van der Waals surface area (Å²) in [5.41, 5.74) is 1.23. The van der Waals surface area contributed by atoms with E-state index in [1.807, 2.05) is 20.8 Å². The monoisotopic (exact) mass is 277 g/mol. The topological polar surface area (TPSA) is 32.7 Å². The van der Waals surface area contributed by atoms with Crippen molar-refractivity contribution in [1.82, 2.24) is 4.90 Å². The maximum Gasteiger partial charge on any atom is 0.0900 e. The zero-order valence-corrected chi connectivity index (χ0v) is 12.9. The van der Waals surface area contributed by atoms with E-state index in [4.69, 9.17) is 4.74 Å². The highest BCUT2D eigenvalue weighted by molar-refractivity contribution is 5.20. The van der Waals surface area contributed by atoms with E-state index in [2.05, 4.69) is 35.2 Å². The minimum Gasteiger partial charge on any atom is -0.389 e. The van der Waals surface area contributed by atoms with Crippen LogP contribution in [0.2, 0.25) is 0 Å². The highest BCUT2D eigenvalue weighted by Crippen LogP contribution is 2.26. The Balaban J connectivity index is 1.76. The molecule has 1 fully saturated rings. The van der Waals surface area contributed by atoms with E-state index in [9.17, 15) is 5.11 Å². The lowest BCUT2D eigenvalue weighted by molar-refractivity contribution is -0.0548. The van der Waals surface area contributed by atoms with Crippen LogP contribution in [0.15, 0.2) is 30.3 Å². The second kappa shape index (κ2) is 6.70. The van der Waals surface area contributed by atoms with E-state index in [0.29, 0.717) is 19.1 Å². The number of aliphatic hydroxyl groups is 1. The Hall–Kier alpha value is -0.900. The van der Waals surface area contributed by atoms with E-state index in [1.165, 1.54) is 12.0 Å². The smallest absolute Gasteiger partial charge is 0.0900 e. The van der Waals surface area contributed by atoms with Crippen molar-refractivity contribution < 1.29 is 9.84 Å². The van der Waals surface area contributed by atoms with Crippen LogP contribution in [-0.2, 0) is 4.74 Å². The molecule has 0 amide bonds. The van der Waals surface area contributed by atoms with Crippen LogP contribution >= 0.6 is 0 Å². The lowest BCUT2D eigenvalue weighted by Crippen LogP contribution is -2.35. The first kappa shape index (κ1) is 15.5. The number of rotatable bonds is 5. The molecule has 1 aliphatic rings. The van der Waals surface area contributed by atoms with Crippen molar-refractivity contribution in [2.75, 3.05) is 26.2 Å². The largest absolute Gasteiger partial charge is 0.389 e. The molecule has 1 aromatic rings. The molecule has 20 heavy (non-hydrogen) atoms. The minimum atomic E-state index is -0.399. The van der Waals surface area contributed by atoms with E-state index in [-0.39, 0.29) is 5.60 Å². The summed E-state index contributed by atoms with van der Waals surface area (Å²) in [7, 11) is 0. The van der Waals surface area contributed by atoms with Gasteiger partial charge in [-0.05, 0) is 45.2 Å². The predicted octanol–water partition coefficient (Wildman–Crippen LogP) is 2.65. The molecule has 0 aliphatic carbocycles. The lowest BCUT2D eigenvalue weighted by Gasteiger charge is -2.24. The first-order chi connectivity index (χ1) is 9.44. The average Bonchev–Trinajstić information content (AvgIpc) is 2.85. The summed E-state index contributed by atoms with van der Waals surface area (Å²) in [6.45, 7) is 9.27. The van der Waals surface area contributed by atoms with Gasteiger partial charge in [-0.2, -0.15) is 0 Å². The molecule has 1 saturated heterocycles. The van der Waals surface area contributed by atoms with Crippen molar-refractivity contribution in [2.45, 2.75) is 44.8 Å². The number of β-amino-alcohol motifs (C(OH)–C–C–N with tert-alkyl or cyclic N) is 1. The fourth-order valence-electron chi connectivity index (χ4n) is 2.69. The van der Waals surface area contributed by atoms with Crippen LogP contribution in [-0.4, -0.2) is 48.0 Å². The van der Waals surface area contributed by atoms with Crippen molar-refractivity contribution in [3.63, 3.8) is 0 Å². The standard InChI is InChI=1S/C17H27NO2/c1-17(2,3)20-13-16(19)12-18-10-9-15(11-18)14-7-5-4-6-8-14/h4-8,15-16,19H,9-13H2,1-3H3/t15-,16-/m0/s1. The van der Waals surface area contributed by atoms with Crippen LogP contribution in [0.25, 0.3) is 0 Å². The number of aliphatic hydroxyl groups excluding tert-OH is 1. The van der Waals surface area contributed by atoms with Crippen LogP contribution < -0.4 is 0 Å². The number of benzene rings is 1. The molecule has 112 valence electrons. The molecule has 1 aromatic carbocycles. The molecule has 1 N–H and O–H groups in total. The van der Waals surface area contributed by atoms with E-state index < -0.39 is 6.10 Å². The van der Waals surface area contributed by atoms with Gasteiger partial charge < -0.3 is 14.7 Å². The van der Waals surface area contributed by atoms with Gasteiger partial charge in [-0.25, -0.2) is 0 Å². The zero-order chi connectivity index (χ0) is 14.6. The van der Waals surface area contributed by atoms with Gasteiger partial charge in [0.25, 0.3) is 0 Å². The lowest BCUT2D eigenvalue weighted by atomic mass is 9.99. The molecular formula is C17H27NO2. The van der Waals surface area contributed by atoms with Gasteiger partial charge in [0.05, 0.1) is 18.3 Å². The molecule has 2 atom stereocenters. The van der Waals surface area contributed by atoms with Gasteiger partial charge in [0, 0.05) is 13.1 Å². The molecule has 0 unspecified atom stereocenters. The molecule has 1 heterocycles. The fourth-order valence-corrected chi connectivity index (χ4v) is 2.69. The Morgan fingerprint density at radius 1 is 1.30 bits per heavy atom. The molecular weight excluding hydrogens is 250 g/mol. The molecule has 3 heteroatoms. The first-order valence-electron chi connectivity index (χ1n) is 7.53. The quantitative estimate of drug-likeness (QED) is 0.898. The van der Waals surface area contributed by atoms with E-state index in [0.717, 1.165) is 13.1 Å². The van der Waals surface area contributed by atoms with E-state index >= 15 is 0 Å². The highest BCUT2D eigenvalue weighted by Gasteiger charge is 2.25. The van der Waals surface area contributed by atoms with Crippen LogP contribution in [0.5, 0.6) is 0 Å². The first-order valence-corrected chi connectivity index (χ1v) is 7.53. The second-order valence-corrected chi connectivity index (χ2v) is 6.73. The Bertz CT molecular complexity index is 399. The van der Waals surface area contributed by atoms with Crippen LogP contribution in [0.1, 0.15) is 38.7 Å². The normalized spacial score (nSPS) is 22.1. The average molecular weight is 277 g/mol. The second-order valence-electron chi connectivity index (χ2n) is 6.73. The van der Waals surface area contributed by atoms with Crippen molar-refractivity contribution in [2.24, 2.45) is 0 Å². The van der Waals surface area contributed by atoms with Gasteiger partial charge in [0.1, 0.15) is 0 Å². The predicted molar refractivity (Wildman–Crippen MR) is 82.0 cm³/mol. The molecule has 0 bridgehead atoms. The molecule has 2 rings (SSSR count). The van der Waals surface area contributed by atoms with E-state index in [1.54, 1.807) is 0 Å². The summed E-state index contributed by atoms with van der Waals surface area (Å²) < 4.78 is 5.64. The number of hydrogen-bond acceptors (Lipinski definition) is 3. The van der Waals surface area contributed by atoms with Crippen molar-refractivity contribution in [1.29, 1.82) is 0 Å².